The van der Waals surface area contributed by atoms with E-state index in [0.717, 1.165) is 11.4 Å². The van der Waals surface area contributed by atoms with Crippen molar-refractivity contribution in [3.05, 3.63) is 36.1 Å². The van der Waals surface area contributed by atoms with Crippen molar-refractivity contribution in [3.63, 3.8) is 0 Å². The molecule has 0 spiro atoms. The molecule has 1 aromatic carbocycles. The van der Waals surface area contributed by atoms with Gasteiger partial charge in [-0.15, -0.1) is 0 Å². The number of carbonyl (C=O) groups is 1. The van der Waals surface area contributed by atoms with Crippen molar-refractivity contribution in [3.8, 4) is 5.75 Å². The van der Waals surface area contributed by atoms with E-state index in [-0.39, 0.29) is 5.97 Å². The number of carbonyl (C=O) groups excluding carboxylic acids is 1. The van der Waals surface area contributed by atoms with Gasteiger partial charge in [0.2, 0.25) is 0 Å². The normalized spacial score (nSPS) is 14.6. The lowest BCUT2D eigenvalue weighted by Gasteiger charge is -2.20. The van der Waals surface area contributed by atoms with Gasteiger partial charge in [-0.2, -0.15) is 0 Å². The fourth-order valence-electron chi connectivity index (χ4n) is 1.71. The highest BCUT2D eigenvalue weighted by Crippen LogP contribution is 2.24. The lowest BCUT2D eigenvalue weighted by molar-refractivity contribution is -0.149. The average Bonchev–Trinajstić information content (AvgIpc) is 2.86. The zero-order chi connectivity index (χ0) is 14.8. The third-order valence-corrected chi connectivity index (χ3v) is 2.66. The molecule has 0 N–H and O–H groups in total. The van der Waals surface area contributed by atoms with E-state index in [4.69, 9.17) is 14.3 Å². The van der Waals surface area contributed by atoms with Gasteiger partial charge in [-0.05, 0) is 45.0 Å². The van der Waals surface area contributed by atoms with Crippen LogP contribution >= 0.6 is 0 Å². The van der Waals surface area contributed by atoms with Crippen LogP contribution in [0, 0.1) is 0 Å². The first-order valence-electron chi connectivity index (χ1n) is 6.40. The third-order valence-electron chi connectivity index (χ3n) is 2.66. The molecule has 108 valence electrons. The molecule has 1 heterocycles. The number of nitrogens with zero attached hydrogens (tertiary/aromatic N) is 1. The molecule has 0 fully saturated rings. The fourth-order valence-corrected chi connectivity index (χ4v) is 1.71. The van der Waals surface area contributed by atoms with Crippen molar-refractivity contribution in [1.82, 2.24) is 0 Å². The number of hydrogen-bond donors (Lipinski definition) is 0. The van der Waals surface area contributed by atoms with Crippen LogP contribution in [0.15, 0.2) is 36.1 Å². The summed E-state index contributed by atoms with van der Waals surface area (Å²) in [6, 6.07) is 7.41. The standard InChI is InChI=1S/C15H19NO4/c1-15(2,3)20-14(17)11-9-16(19-10-11)12-5-7-13(18-4)8-6-12/h5-8,10H,9H2,1-4H3. The first-order valence-corrected chi connectivity index (χ1v) is 6.40. The molecule has 0 atom stereocenters. The number of hydrogen-bond acceptors (Lipinski definition) is 5. The van der Waals surface area contributed by atoms with Crippen LogP contribution in [0.1, 0.15) is 20.8 Å². The summed E-state index contributed by atoms with van der Waals surface area (Å²) in [6.45, 7) is 5.87. The highest BCUT2D eigenvalue weighted by Gasteiger charge is 2.26. The molecular weight excluding hydrogens is 258 g/mol. The summed E-state index contributed by atoms with van der Waals surface area (Å²) >= 11 is 0. The molecule has 0 radical (unpaired) electrons. The predicted octanol–water partition coefficient (Wildman–Crippen LogP) is 2.67. The Hall–Kier alpha value is -2.17. The molecule has 0 bridgehead atoms. The van der Waals surface area contributed by atoms with Crippen molar-refractivity contribution in [2.75, 3.05) is 18.7 Å². The second-order valence-electron chi connectivity index (χ2n) is 5.49. The molecule has 1 aliphatic rings. The van der Waals surface area contributed by atoms with Gasteiger partial charge in [0.15, 0.2) is 0 Å². The quantitative estimate of drug-likeness (QED) is 0.795. The molecule has 0 aromatic heterocycles. The van der Waals surface area contributed by atoms with Crippen molar-refractivity contribution in [1.29, 1.82) is 0 Å². The molecule has 1 aromatic rings. The Bertz CT molecular complexity index is 514. The van der Waals surface area contributed by atoms with E-state index in [1.807, 2.05) is 45.0 Å². The van der Waals surface area contributed by atoms with E-state index in [0.29, 0.717) is 12.1 Å². The van der Waals surface area contributed by atoms with E-state index in [1.54, 1.807) is 12.2 Å². The van der Waals surface area contributed by atoms with Crippen LogP contribution in [0.25, 0.3) is 0 Å². The zero-order valence-corrected chi connectivity index (χ0v) is 12.2. The van der Waals surface area contributed by atoms with E-state index in [1.165, 1.54) is 6.26 Å². The Morgan fingerprint density at radius 1 is 1.25 bits per heavy atom. The van der Waals surface area contributed by atoms with E-state index < -0.39 is 5.60 Å². The first kappa shape index (κ1) is 14.2. The lowest BCUT2D eigenvalue weighted by Crippen LogP contribution is -2.27. The molecule has 1 aliphatic heterocycles. The first-order chi connectivity index (χ1) is 9.39. The summed E-state index contributed by atoms with van der Waals surface area (Å²) in [7, 11) is 1.61. The molecule has 5 heteroatoms. The van der Waals surface area contributed by atoms with Gasteiger partial charge in [-0.3, -0.25) is 0 Å². The maximum Gasteiger partial charge on any atom is 0.339 e. The van der Waals surface area contributed by atoms with Crippen LogP contribution in [0.4, 0.5) is 5.69 Å². The number of rotatable bonds is 3. The smallest absolute Gasteiger partial charge is 0.339 e. The number of hydroxylamine groups is 1. The number of anilines is 1. The molecule has 2 rings (SSSR count). The van der Waals surface area contributed by atoms with E-state index >= 15 is 0 Å². The monoisotopic (exact) mass is 277 g/mol. The summed E-state index contributed by atoms with van der Waals surface area (Å²) in [4.78, 5) is 17.3. The minimum atomic E-state index is -0.508. The molecule has 0 amide bonds. The highest BCUT2D eigenvalue weighted by molar-refractivity contribution is 5.90. The average molecular weight is 277 g/mol. The van der Waals surface area contributed by atoms with Gasteiger partial charge in [-0.1, -0.05) is 0 Å². The summed E-state index contributed by atoms with van der Waals surface area (Å²) in [5.74, 6) is 0.418. The number of ether oxygens (including phenoxy) is 2. The lowest BCUT2D eigenvalue weighted by atomic mass is 10.2. The fraction of sp³-hybridized carbons (Fsp3) is 0.400. The topological polar surface area (TPSA) is 48.0 Å². The Kier molecular flexibility index (Phi) is 3.88. The Balaban J connectivity index is 1.98. The van der Waals surface area contributed by atoms with E-state index in [2.05, 4.69) is 0 Å². The molecule has 0 unspecified atom stereocenters. The van der Waals surface area contributed by atoms with E-state index in [9.17, 15) is 4.79 Å². The largest absolute Gasteiger partial charge is 0.497 e. The van der Waals surface area contributed by atoms with Crippen LogP contribution in [-0.4, -0.2) is 25.2 Å². The van der Waals surface area contributed by atoms with Crippen molar-refractivity contribution < 1.29 is 19.1 Å². The van der Waals surface area contributed by atoms with Crippen LogP contribution in [-0.2, 0) is 14.4 Å². The van der Waals surface area contributed by atoms with Crippen molar-refractivity contribution in [2.45, 2.75) is 26.4 Å². The molecule has 5 nitrogen and oxygen atoms in total. The second kappa shape index (κ2) is 5.45. The van der Waals surface area contributed by atoms with Gasteiger partial charge >= 0.3 is 5.97 Å². The highest BCUT2D eigenvalue weighted by atomic mass is 16.7. The molecular formula is C15H19NO4. The molecule has 20 heavy (non-hydrogen) atoms. The third kappa shape index (κ3) is 3.44. The second-order valence-corrected chi connectivity index (χ2v) is 5.49. The predicted molar refractivity (Wildman–Crippen MR) is 75.4 cm³/mol. The minimum absolute atomic E-state index is 0.353. The van der Waals surface area contributed by atoms with Gasteiger partial charge in [0.25, 0.3) is 0 Å². The number of methoxy groups -OCH3 is 1. The van der Waals surface area contributed by atoms with Crippen LogP contribution in [0.5, 0.6) is 5.75 Å². The molecule has 0 saturated carbocycles. The maximum absolute atomic E-state index is 11.9. The van der Waals surface area contributed by atoms with Gasteiger partial charge in [0, 0.05) is 0 Å². The van der Waals surface area contributed by atoms with Gasteiger partial charge in [-0.25, -0.2) is 9.86 Å². The van der Waals surface area contributed by atoms with Crippen molar-refractivity contribution >= 4 is 11.7 Å². The van der Waals surface area contributed by atoms with Crippen LogP contribution < -0.4 is 9.80 Å². The summed E-state index contributed by atoms with van der Waals surface area (Å²) in [5, 5.41) is 1.62. The molecule has 0 saturated heterocycles. The SMILES string of the molecule is COc1ccc(N2CC(C(=O)OC(C)(C)C)=CO2)cc1. The Labute approximate surface area is 118 Å². The van der Waals surface area contributed by atoms with Gasteiger partial charge in [0.05, 0.1) is 24.9 Å². The Morgan fingerprint density at radius 2 is 1.90 bits per heavy atom. The van der Waals surface area contributed by atoms with Crippen LogP contribution in [0.2, 0.25) is 0 Å². The summed E-state index contributed by atoms with van der Waals surface area (Å²) < 4.78 is 10.4. The molecule has 0 aliphatic carbocycles. The summed E-state index contributed by atoms with van der Waals surface area (Å²) in [6.07, 6.45) is 1.43. The number of esters is 1. The minimum Gasteiger partial charge on any atom is -0.497 e. The maximum atomic E-state index is 11.9. The van der Waals surface area contributed by atoms with Gasteiger partial charge in [0.1, 0.15) is 17.6 Å². The Morgan fingerprint density at radius 3 is 2.45 bits per heavy atom. The number of benzene rings is 1. The van der Waals surface area contributed by atoms with Crippen LogP contribution in [0.3, 0.4) is 0 Å². The van der Waals surface area contributed by atoms with Gasteiger partial charge < -0.3 is 14.3 Å². The summed E-state index contributed by atoms with van der Waals surface area (Å²) in [5.41, 5.74) is 0.835. The zero-order valence-electron chi connectivity index (χ0n) is 12.2. The van der Waals surface area contributed by atoms with Crippen molar-refractivity contribution in [2.24, 2.45) is 0 Å².